The zero-order valence-corrected chi connectivity index (χ0v) is 8.42. The van der Waals surface area contributed by atoms with Crippen LogP contribution in [0.3, 0.4) is 0 Å². The number of alkyl halides is 3. The second-order valence-corrected chi connectivity index (χ2v) is 4.38. The number of hydrogen-bond donors (Lipinski definition) is 1. The standard InChI is InChI=1S/C6H8Cl3NO2/c1-2-3-10-5(11)12-4-6(7,8)9/h2H,1,3-4H2,(H,10,11). The molecule has 0 bridgehead atoms. The summed E-state index contributed by atoms with van der Waals surface area (Å²) in [6.45, 7) is 3.43. The molecule has 12 heavy (non-hydrogen) atoms. The van der Waals surface area contributed by atoms with Crippen LogP contribution in [0.15, 0.2) is 12.7 Å². The first-order valence-electron chi connectivity index (χ1n) is 3.04. The van der Waals surface area contributed by atoms with E-state index in [1.165, 1.54) is 6.08 Å². The van der Waals surface area contributed by atoms with Gasteiger partial charge in [-0.15, -0.1) is 6.58 Å². The van der Waals surface area contributed by atoms with Crippen LogP contribution in [-0.4, -0.2) is 23.0 Å². The number of amides is 1. The Bertz CT molecular complexity index is 167. The van der Waals surface area contributed by atoms with Crippen LogP contribution in [0.2, 0.25) is 0 Å². The van der Waals surface area contributed by atoms with Gasteiger partial charge in [-0.2, -0.15) is 0 Å². The molecule has 0 aromatic carbocycles. The number of nitrogens with one attached hydrogen (secondary N) is 1. The molecule has 0 fully saturated rings. The predicted molar refractivity (Wildman–Crippen MR) is 49.8 cm³/mol. The van der Waals surface area contributed by atoms with Gasteiger partial charge in [0.1, 0.15) is 6.61 Å². The Labute approximate surface area is 85.6 Å². The molecule has 0 spiro atoms. The minimum atomic E-state index is -1.56. The van der Waals surface area contributed by atoms with E-state index in [1.807, 2.05) is 0 Å². The molecule has 0 aliphatic heterocycles. The van der Waals surface area contributed by atoms with Crippen LogP contribution in [0.1, 0.15) is 0 Å². The maximum atomic E-state index is 10.7. The summed E-state index contributed by atoms with van der Waals surface area (Å²) in [4.78, 5) is 10.7. The minimum absolute atomic E-state index is 0.277. The van der Waals surface area contributed by atoms with Crippen LogP contribution in [-0.2, 0) is 4.74 Å². The lowest BCUT2D eigenvalue weighted by atomic mass is 10.6. The fraction of sp³-hybridized carbons (Fsp3) is 0.500. The van der Waals surface area contributed by atoms with Crippen LogP contribution in [0, 0.1) is 0 Å². The van der Waals surface area contributed by atoms with Crippen molar-refractivity contribution < 1.29 is 9.53 Å². The first-order chi connectivity index (χ1) is 5.45. The third kappa shape index (κ3) is 7.98. The van der Waals surface area contributed by atoms with Gasteiger partial charge in [0.05, 0.1) is 0 Å². The summed E-state index contributed by atoms with van der Waals surface area (Å²) in [5.74, 6) is 0. The van der Waals surface area contributed by atoms with E-state index < -0.39 is 9.89 Å². The van der Waals surface area contributed by atoms with Gasteiger partial charge in [0.15, 0.2) is 0 Å². The van der Waals surface area contributed by atoms with Crippen molar-refractivity contribution in [2.24, 2.45) is 0 Å². The molecular weight excluding hydrogens is 224 g/mol. The molecule has 0 saturated heterocycles. The lowest BCUT2D eigenvalue weighted by Gasteiger charge is -2.10. The number of hydrogen-bond acceptors (Lipinski definition) is 2. The molecule has 0 unspecified atom stereocenters. The number of carbonyl (C=O) groups excluding carboxylic acids is 1. The van der Waals surface area contributed by atoms with Gasteiger partial charge in [-0.3, -0.25) is 0 Å². The molecule has 0 aliphatic rings. The third-order valence-electron chi connectivity index (χ3n) is 0.758. The Hall–Kier alpha value is -0.120. The van der Waals surface area contributed by atoms with Crippen LogP contribution in [0.4, 0.5) is 4.79 Å². The van der Waals surface area contributed by atoms with E-state index in [4.69, 9.17) is 34.8 Å². The smallest absolute Gasteiger partial charge is 0.407 e. The Kier molecular flexibility index (Phi) is 5.46. The summed E-state index contributed by atoms with van der Waals surface area (Å²) in [7, 11) is 0. The molecule has 0 aromatic rings. The number of ether oxygens (including phenoxy) is 1. The number of rotatable bonds is 3. The second-order valence-electron chi connectivity index (χ2n) is 1.86. The number of alkyl carbamates (subject to hydrolysis) is 1. The number of carbonyl (C=O) groups is 1. The molecule has 1 N–H and O–H groups in total. The van der Waals surface area contributed by atoms with E-state index in [1.54, 1.807) is 0 Å². The van der Waals surface area contributed by atoms with Gasteiger partial charge in [-0.1, -0.05) is 40.9 Å². The quantitative estimate of drug-likeness (QED) is 0.599. The summed E-state index contributed by atoms with van der Waals surface area (Å²) in [5.41, 5.74) is 0. The first-order valence-corrected chi connectivity index (χ1v) is 4.17. The van der Waals surface area contributed by atoms with E-state index in [0.717, 1.165) is 0 Å². The molecule has 0 aliphatic carbocycles. The molecule has 0 aromatic heterocycles. The van der Waals surface area contributed by atoms with E-state index in [9.17, 15) is 4.79 Å². The van der Waals surface area contributed by atoms with Crippen LogP contribution in [0.25, 0.3) is 0 Å². The highest BCUT2D eigenvalue weighted by Gasteiger charge is 2.21. The minimum Gasteiger partial charge on any atom is -0.445 e. The zero-order valence-electron chi connectivity index (χ0n) is 6.15. The number of halogens is 3. The normalized spacial score (nSPS) is 10.6. The average molecular weight is 232 g/mol. The highest BCUT2D eigenvalue weighted by atomic mass is 35.6. The van der Waals surface area contributed by atoms with Crippen molar-refractivity contribution >= 4 is 40.9 Å². The maximum Gasteiger partial charge on any atom is 0.407 e. The van der Waals surface area contributed by atoms with E-state index in [0.29, 0.717) is 6.54 Å². The van der Waals surface area contributed by atoms with Gasteiger partial charge in [-0.25, -0.2) is 4.79 Å². The molecule has 0 atom stereocenters. The lowest BCUT2D eigenvalue weighted by molar-refractivity contribution is 0.149. The molecule has 70 valence electrons. The van der Waals surface area contributed by atoms with Gasteiger partial charge >= 0.3 is 6.09 Å². The van der Waals surface area contributed by atoms with Crippen molar-refractivity contribution in [3.8, 4) is 0 Å². The summed E-state index contributed by atoms with van der Waals surface area (Å²) < 4.78 is 2.95. The molecule has 3 nitrogen and oxygen atoms in total. The zero-order chi connectivity index (χ0) is 9.61. The molecule has 1 amide bonds. The van der Waals surface area contributed by atoms with Crippen molar-refractivity contribution in [3.63, 3.8) is 0 Å². The van der Waals surface area contributed by atoms with E-state index >= 15 is 0 Å². The summed E-state index contributed by atoms with van der Waals surface area (Å²) in [6.07, 6.45) is 0.873. The van der Waals surface area contributed by atoms with Gasteiger partial charge in [0.25, 0.3) is 0 Å². The molecule has 6 heteroatoms. The van der Waals surface area contributed by atoms with Crippen molar-refractivity contribution in [3.05, 3.63) is 12.7 Å². The van der Waals surface area contributed by atoms with E-state index in [-0.39, 0.29) is 6.61 Å². The lowest BCUT2D eigenvalue weighted by Crippen LogP contribution is -2.27. The van der Waals surface area contributed by atoms with Gasteiger partial charge in [0.2, 0.25) is 3.79 Å². The Morgan fingerprint density at radius 1 is 1.58 bits per heavy atom. The van der Waals surface area contributed by atoms with Crippen LogP contribution in [0.5, 0.6) is 0 Å². The highest BCUT2D eigenvalue weighted by molar-refractivity contribution is 6.67. The van der Waals surface area contributed by atoms with Crippen molar-refractivity contribution in [2.45, 2.75) is 3.79 Å². The largest absolute Gasteiger partial charge is 0.445 e. The molecule has 0 rings (SSSR count). The van der Waals surface area contributed by atoms with Crippen molar-refractivity contribution in [1.29, 1.82) is 0 Å². The van der Waals surface area contributed by atoms with Gasteiger partial charge in [0, 0.05) is 6.54 Å². The topological polar surface area (TPSA) is 38.3 Å². The summed E-state index contributed by atoms with van der Waals surface area (Å²) in [5, 5.41) is 2.35. The third-order valence-corrected chi connectivity index (χ3v) is 1.08. The monoisotopic (exact) mass is 231 g/mol. The summed E-state index contributed by atoms with van der Waals surface area (Å²) >= 11 is 16.0. The Morgan fingerprint density at radius 2 is 2.17 bits per heavy atom. The SMILES string of the molecule is C=CCNC(=O)OCC(Cl)(Cl)Cl. The average Bonchev–Trinajstić information content (AvgIpc) is 1.95. The van der Waals surface area contributed by atoms with Crippen LogP contribution >= 0.6 is 34.8 Å². The second kappa shape index (κ2) is 5.51. The fourth-order valence-electron chi connectivity index (χ4n) is 0.354. The van der Waals surface area contributed by atoms with E-state index in [2.05, 4.69) is 16.6 Å². The van der Waals surface area contributed by atoms with Crippen molar-refractivity contribution in [2.75, 3.05) is 13.2 Å². The Balaban J connectivity index is 3.51. The van der Waals surface area contributed by atoms with Gasteiger partial charge in [-0.05, 0) is 0 Å². The summed E-state index contributed by atoms with van der Waals surface area (Å²) in [6, 6.07) is 0. The molecule has 0 radical (unpaired) electrons. The molecular formula is C6H8Cl3NO2. The maximum absolute atomic E-state index is 10.7. The van der Waals surface area contributed by atoms with Gasteiger partial charge < -0.3 is 10.1 Å². The van der Waals surface area contributed by atoms with Crippen molar-refractivity contribution in [1.82, 2.24) is 5.32 Å². The highest BCUT2D eigenvalue weighted by Crippen LogP contribution is 2.25. The fourth-order valence-corrected chi connectivity index (χ4v) is 0.518. The molecule has 0 saturated carbocycles. The van der Waals surface area contributed by atoms with Crippen LogP contribution < -0.4 is 5.32 Å². The Morgan fingerprint density at radius 3 is 2.58 bits per heavy atom. The first kappa shape index (κ1) is 11.9. The predicted octanol–water partition coefficient (Wildman–Crippen LogP) is 2.27. The molecule has 0 heterocycles.